The molecule has 9 heteroatoms. The maximum absolute atomic E-state index is 13.7. The Labute approximate surface area is 166 Å². The van der Waals surface area contributed by atoms with Gasteiger partial charge in [-0.1, -0.05) is 0 Å². The third-order valence-electron chi connectivity index (χ3n) is 5.37. The van der Waals surface area contributed by atoms with Gasteiger partial charge in [0.15, 0.2) is 18.2 Å². The summed E-state index contributed by atoms with van der Waals surface area (Å²) in [4.78, 5) is 28.7. The molecule has 1 unspecified atom stereocenters. The first-order valence-electron chi connectivity index (χ1n) is 9.71. The predicted molar refractivity (Wildman–Crippen MR) is 102 cm³/mol. The Balaban J connectivity index is 1.38. The summed E-state index contributed by atoms with van der Waals surface area (Å²) in [6.45, 7) is 2.39. The van der Waals surface area contributed by atoms with E-state index in [0.29, 0.717) is 19.2 Å². The van der Waals surface area contributed by atoms with Gasteiger partial charge in [-0.15, -0.1) is 0 Å². The maximum Gasteiger partial charge on any atom is 0.269 e. The van der Waals surface area contributed by atoms with E-state index in [9.17, 15) is 18.4 Å². The average Bonchev–Trinajstić information content (AvgIpc) is 2.66. The Hall–Kier alpha value is -2.97. The molecule has 2 saturated heterocycles. The number of hydrogen-bond acceptors (Lipinski definition) is 5. The molecule has 0 spiro atoms. The number of halogens is 2. The molecule has 2 aliphatic rings. The van der Waals surface area contributed by atoms with Crippen LogP contribution in [0.5, 0.6) is 5.75 Å². The summed E-state index contributed by atoms with van der Waals surface area (Å²) in [5.74, 6) is -2.05. The Morgan fingerprint density at radius 1 is 1.17 bits per heavy atom. The molecular weight excluding hydrogens is 382 g/mol. The van der Waals surface area contributed by atoms with Crippen molar-refractivity contribution in [3.63, 3.8) is 0 Å². The van der Waals surface area contributed by atoms with Crippen molar-refractivity contribution < 1.29 is 18.3 Å². The second kappa shape index (κ2) is 8.18. The Kier molecular flexibility index (Phi) is 5.46. The van der Waals surface area contributed by atoms with Gasteiger partial charge < -0.3 is 14.5 Å². The van der Waals surface area contributed by atoms with E-state index >= 15 is 0 Å². The zero-order valence-corrected chi connectivity index (χ0v) is 15.9. The summed E-state index contributed by atoms with van der Waals surface area (Å²) in [6.07, 6.45) is 4.28. The van der Waals surface area contributed by atoms with Gasteiger partial charge in [0.1, 0.15) is 5.82 Å². The third kappa shape index (κ3) is 4.23. The second-order valence-corrected chi connectivity index (χ2v) is 7.34. The molecule has 3 heterocycles. The quantitative estimate of drug-likeness (QED) is 0.762. The van der Waals surface area contributed by atoms with Crippen molar-refractivity contribution in [1.82, 2.24) is 14.7 Å². The van der Waals surface area contributed by atoms with E-state index in [-0.39, 0.29) is 29.9 Å². The minimum Gasteiger partial charge on any atom is -0.481 e. The standard InChI is InChI=1S/C20H22F2N4O3/c21-14-4-5-18(17(22)9-14)29-13-20(28)25-6-1-3-15(12-25)26-19(27)10-16(11-23-26)24-7-2-8-24/h4-5,9-11,15H,1-3,6-8,12-13H2. The highest BCUT2D eigenvalue weighted by Crippen LogP contribution is 2.22. The van der Waals surface area contributed by atoms with Crippen molar-refractivity contribution >= 4 is 11.6 Å². The highest BCUT2D eigenvalue weighted by atomic mass is 19.1. The van der Waals surface area contributed by atoms with Gasteiger partial charge in [0.2, 0.25) is 0 Å². The fourth-order valence-corrected chi connectivity index (χ4v) is 3.63. The molecule has 0 bridgehead atoms. The molecule has 2 aliphatic heterocycles. The minimum absolute atomic E-state index is 0.173. The van der Waals surface area contributed by atoms with Crippen molar-refractivity contribution in [2.24, 2.45) is 0 Å². The molecule has 4 rings (SSSR count). The number of benzene rings is 1. The lowest BCUT2D eigenvalue weighted by Crippen LogP contribution is -2.45. The fraction of sp³-hybridized carbons (Fsp3) is 0.450. The van der Waals surface area contributed by atoms with Crippen LogP contribution in [-0.2, 0) is 4.79 Å². The van der Waals surface area contributed by atoms with Gasteiger partial charge in [0.25, 0.3) is 11.5 Å². The lowest BCUT2D eigenvalue weighted by atomic mass is 10.1. The molecule has 0 aliphatic carbocycles. The molecule has 1 amide bonds. The average molecular weight is 404 g/mol. The number of aromatic nitrogens is 2. The highest BCUT2D eigenvalue weighted by Gasteiger charge is 2.27. The fourth-order valence-electron chi connectivity index (χ4n) is 3.63. The minimum atomic E-state index is -0.854. The Bertz CT molecular complexity index is 961. The number of hydrogen-bond donors (Lipinski definition) is 0. The summed E-state index contributed by atoms with van der Waals surface area (Å²) in [5.41, 5.74) is 0.647. The van der Waals surface area contributed by atoms with Crippen LogP contribution >= 0.6 is 0 Å². The molecule has 1 aromatic heterocycles. The molecule has 0 saturated carbocycles. The summed E-state index contributed by atoms with van der Waals surface area (Å²) in [7, 11) is 0. The Morgan fingerprint density at radius 2 is 2.00 bits per heavy atom. The van der Waals surface area contributed by atoms with Gasteiger partial charge in [-0.05, 0) is 31.4 Å². The zero-order valence-electron chi connectivity index (χ0n) is 15.9. The second-order valence-electron chi connectivity index (χ2n) is 7.34. The van der Waals surface area contributed by atoms with Crippen LogP contribution in [0.1, 0.15) is 25.3 Å². The van der Waals surface area contributed by atoms with E-state index in [0.717, 1.165) is 50.2 Å². The molecule has 154 valence electrons. The van der Waals surface area contributed by atoms with Crippen LogP contribution in [0.2, 0.25) is 0 Å². The largest absolute Gasteiger partial charge is 0.481 e. The van der Waals surface area contributed by atoms with Gasteiger partial charge in [-0.3, -0.25) is 9.59 Å². The van der Waals surface area contributed by atoms with E-state index < -0.39 is 11.6 Å². The number of nitrogens with zero attached hydrogens (tertiary/aromatic N) is 4. The zero-order chi connectivity index (χ0) is 20.4. The van der Waals surface area contributed by atoms with Crippen LogP contribution in [0.3, 0.4) is 0 Å². The van der Waals surface area contributed by atoms with Crippen LogP contribution in [0.25, 0.3) is 0 Å². The van der Waals surface area contributed by atoms with Crippen molar-refractivity contribution in [3.8, 4) is 5.75 Å². The number of anilines is 1. The van der Waals surface area contributed by atoms with E-state index in [1.165, 1.54) is 4.68 Å². The van der Waals surface area contributed by atoms with Crippen LogP contribution in [-0.4, -0.2) is 53.4 Å². The number of carbonyl (C=O) groups is 1. The van der Waals surface area contributed by atoms with Gasteiger partial charge in [0, 0.05) is 38.3 Å². The molecule has 1 aromatic carbocycles. The van der Waals surface area contributed by atoms with Gasteiger partial charge >= 0.3 is 0 Å². The van der Waals surface area contributed by atoms with Crippen LogP contribution < -0.4 is 15.2 Å². The normalized spacial score (nSPS) is 19.0. The number of amides is 1. The number of ether oxygens (including phenoxy) is 1. The third-order valence-corrected chi connectivity index (χ3v) is 5.37. The van der Waals surface area contributed by atoms with Crippen LogP contribution in [0.4, 0.5) is 14.5 Å². The first-order valence-corrected chi connectivity index (χ1v) is 9.71. The van der Waals surface area contributed by atoms with Crippen molar-refractivity contribution in [2.45, 2.75) is 25.3 Å². The number of rotatable bonds is 5. The molecule has 7 nitrogen and oxygen atoms in total. The molecule has 2 fully saturated rings. The van der Waals surface area contributed by atoms with E-state index in [4.69, 9.17) is 4.74 Å². The van der Waals surface area contributed by atoms with Crippen LogP contribution in [0.15, 0.2) is 35.3 Å². The van der Waals surface area contributed by atoms with Gasteiger partial charge in [-0.25, -0.2) is 13.5 Å². The predicted octanol–water partition coefficient (Wildman–Crippen LogP) is 1.97. The molecular formula is C20H22F2N4O3. The van der Waals surface area contributed by atoms with E-state index in [1.807, 2.05) is 0 Å². The molecule has 1 atom stereocenters. The summed E-state index contributed by atoms with van der Waals surface area (Å²) >= 11 is 0. The number of likely N-dealkylation sites (tertiary alicyclic amines) is 1. The van der Waals surface area contributed by atoms with Crippen molar-refractivity contribution in [3.05, 3.63) is 52.5 Å². The topological polar surface area (TPSA) is 67.7 Å². The van der Waals surface area contributed by atoms with E-state index in [2.05, 4.69) is 10.00 Å². The lowest BCUT2D eigenvalue weighted by molar-refractivity contribution is -0.135. The summed E-state index contributed by atoms with van der Waals surface area (Å²) in [6, 6.07) is 4.31. The number of carbonyl (C=O) groups excluding carboxylic acids is 1. The lowest BCUT2D eigenvalue weighted by Gasteiger charge is -2.34. The smallest absolute Gasteiger partial charge is 0.269 e. The van der Waals surface area contributed by atoms with Crippen molar-refractivity contribution in [2.75, 3.05) is 37.7 Å². The first kappa shape index (κ1) is 19.4. The molecule has 0 radical (unpaired) electrons. The molecule has 2 aromatic rings. The van der Waals surface area contributed by atoms with E-state index in [1.54, 1.807) is 17.2 Å². The monoisotopic (exact) mass is 404 g/mol. The first-order chi connectivity index (χ1) is 14.0. The van der Waals surface area contributed by atoms with Crippen molar-refractivity contribution in [1.29, 1.82) is 0 Å². The number of piperidine rings is 1. The van der Waals surface area contributed by atoms with Gasteiger partial charge in [-0.2, -0.15) is 5.10 Å². The summed E-state index contributed by atoms with van der Waals surface area (Å²) in [5, 5.41) is 4.32. The maximum atomic E-state index is 13.7. The van der Waals surface area contributed by atoms with Gasteiger partial charge in [0.05, 0.1) is 17.9 Å². The molecule has 29 heavy (non-hydrogen) atoms. The highest BCUT2D eigenvalue weighted by molar-refractivity contribution is 5.77. The molecule has 0 N–H and O–H groups in total. The Morgan fingerprint density at radius 3 is 2.69 bits per heavy atom. The SMILES string of the molecule is O=C(COc1ccc(F)cc1F)N1CCCC(n2ncc(N3CCC3)cc2=O)C1. The summed E-state index contributed by atoms with van der Waals surface area (Å²) < 4.78 is 33.3. The van der Waals surface area contributed by atoms with Crippen LogP contribution in [0, 0.1) is 11.6 Å².